The molecule has 0 spiro atoms. The molecule has 10 heteroatoms. The highest BCUT2D eigenvalue weighted by Gasteiger charge is 2.16. The number of benzene rings is 1. The maximum atomic E-state index is 9.39. The molecule has 4 heterocycles. The minimum atomic E-state index is 0.256. The number of hydrogen-bond donors (Lipinski definition) is 2. The first-order valence-corrected chi connectivity index (χ1v) is 10.6. The van der Waals surface area contributed by atoms with Crippen LogP contribution in [0.25, 0.3) is 27.8 Å². The standard InChI is InChI=1S/C24H18N10/c25-11-15-4-3-6-16(10-15)21-22(19-8-9-27-14-28-19)34-24(23(26)30-21)29-20(32-34)13-33-12-17-5-1-2-7-18(17)31-33/h1-5,7-10,12,14H,6,13H2,(H2,26,30)(H,27,28). The van der Waals surface area contributed by atoms with Crippen LogP contribution in [0.2, 0.25) is 0 Å². The van der Waals surface area contributed by atoms with Crippen molar-refractivity contribution in [2.24, 2.45) is 4.99 Å². The summed E-state index contributed by atoms with van der Waals surface area (Å²) in [4.78, 5) is 13.4. The largest absolute Gasteiger partial charge is 0.381 e. The summed E-state index contributed by atoms with van der Waals surface area (Å²) in [6.45, 7) is 0.377. The summed E-state index contributed by atoms with van der Waals surface area (Å²) in [5.74, 6) is 0.807. The van der Waals surface area contributed by atoms with E-state index in [1.807, 2.05) is 53.4 Å². The third-order valence-electron chi connectivity index (χ3n) is 5.59. The summed E-state index contributed by atoms with van der Waals surface area (Å²) in [6, 6.07) is 10.1. The van der Waals surface area contributed by atoms with Crippen LogP contribution < -0.4 is 21.7 Å². The molecule has 0 amide bonds. The average Bonchev–Trinajstić information content (AvgIpc) is 3.48. The fourth-order valence-corrected chi connectivity index (χ4v) is 4.08. The lowest BCUT2D eigenvalue weighted by Crippen LogP contribution is -2.42. The molecule has 4 aromatic rings. The highest BCUT2D eigenvalue weighted by atomic mass is 15.3. The summed E-state index contributed by atoms with van der Waals surface area (Å²) >= 11 is 0. The van der Waals surface area contributed by atoms with Crippen molar-refractivity contribution in [1.29, 1.82) is 5.26 Å². The lowest BCUT2D eigenvalue weighted by Gasteiger charge is -2.10. The van der Waals surface area contributed by atoms with Crippen molar-refractivity contribution < 1.29 is 0 Å². The molecule has 1 aromatic carbocycles. The van der Waals surface area contributed by atoms with Crippen LogP contribution in [0.3, 0.4) is 0 Å². The van der Waals surface area contributed by atoms with Crippen LogP contribution >= 0.6 is 0 Å². The average molecular weight is 446 g/mol. The van der Waals surface area contributed by atoms with Gasteiger partial charge in [0.2, 0.25) is 0 Å². The van der Waals surface area contributed by atoms with Gasteiger partial charge in [0.05, 0.1) is 34.5 Å². The van der Waals surface area contributed by atoms with E-state index in [2.05, 4.69) is 26.5 Å². The molecule has 34 heavy (non-hydrogen) atoms. The van der Waals surface area contributed by atoms with Gasteiger partial charge in [0.25, 0.3) is 0 Å². The van der Waals surface area contributed by atoms with Crippen LogP contribution in [-0.4, -0.2) is 35.7 Å². The molecule has 6 rings (SSSR count). The third-order valence-corrected chi connectivity index (χ3v) is 5.59. The zero-order valence-corrected chi connectivity index (χ0v) is 17.9. The molecule has 2 aliphatic rings. The number of fused-ring (bicyclic) bond motifs is 2. The van der Waals surface area contributed by atoms with Crippen molar-refractivity contribution in [3.63, 3.8) is 0 Å². The van der Waals surface area contributed by atoms with E-state index in [1.54, 1.807) is 23.1 Å². The SMILES string of the molecule is N#CC1=CC(=c2nc(N)c3nc(Cn4cc5ccccc5n4)nn3c2=C2C=CN=CN2)CC=C1. The van der Waals surface area contributed by atoms with Crippen LogP contribution in [0.5, 0.6) is 0 Å². The molecule has 1 aliphatic heterocycles. The summed E-state index contributed by atoms with van der Waals surface area (Å²) < 4.78 is 3.51. The van der Waals surface area contributed by atoms with Crippen molar-refractivity contribution in [2.75, 3.05) is 5.73 Å². The predicted octanol–water partition coefficient (Wildman–Crippen LogP) is 0.918. The van der Waals surface area contributed by atoms with Gasteiger partial charge >= 0.3 is 0 Å². The molecule has 164 valence electrons. The first kappa shape index (κ1) is 19.6. The summed E-state index contributed by atoms with van der Waals surface area (Å²) in [6.07, 6.45) is 13.3. The van der Waals surface area contributed by atoms with E-state index in [1.165, 1.54) is 0 Å². The van der Waals surface area contributed by atoms with Gasteiger partial charge in [-0.3, -0.25) is 4.68 Å². The number of rotatable bonds is 2. The molecule has 0 fully saturated rings. The number of aliphatic imine (C=N–C) groups is 1. The quantitative estimate of drug-likeness (QED) is 0.467. The topological polar surface area (TPSA) is 135 Å². The number of nitrogens with two attached hydrogens (primary N) is 1. The van der Waals surface area contributed by atoms with Gasteiger partial charge in [-0.05, 0) is 36.3 Å². The Morgan fingerprint density at radius 2 is 2.06 bits per heavy atom. The maximum Gasteiger partial charge on any atom is 0.199 e. The van der Waals surface area contributed by atoms with Crippen molar-refractivity contribution in [3.8, 4) is 6.07 Å². The van der Waals surface area contributed by atoms with Gasteiger partial charge in [0.1, 0.15) is 11.9 Å². The fraction of sp³-hybridized carbons (Fsp3) is 0.0833. The van der Waals surface area contributed by atoms with Crippen LogP contribution in [0.4, 0.5) is 5.82 Å². The maximum absolute atomic E-state index is 9.39. The Bertz CT molecular complexity index is 1720. The number of allylic oxidation sites excluding steroid dienone is 4. The second-order valence-electron chi connectivity index (χ2n) is 7.84. The molecule has 3 N–H and O–H groups in total. The molecule has 0 saturated carbocycles. The highest BCUT2D eigenvalue weighted by molar-refractivity contribution is 5.78. The second-order valence-corrected chi connectivity index (χ2v) is 7.84. The Hall–Kier alpha value is -5.04. The van der Waals surface area contributed by atoms with Crippen molar-refractivity contribution in [3.05, 3.63) is 83.1 Å². The molecule has 3 aromatic heterocycles. The van der Waals surface area contributed by atoms with Gasteiger partial charge in [-0.15, -0.1) is 5.10 Å². The number of hydrogen-bond acceptors (Lipinski definition) is 8. The van der Waals surface area contributed by atoms with Crippen LogP contribution in [0, 0.1) is 11.3 Å². The zero-order chi connectivity index (χ0) is 23.1. The fourth-order valence-electron chi connectivity index (χ4n) is 4.08. The summed E-state index contributed by atoms with van der Waals surface area (Å²) in [5.41, 5.74) is 9.87. The molecule has 0 unspecified atom stereocenters. The van der Waals surface area contributed by atoms with E-state index in [0.29, 0.717) is 40.7 Å². The molecule has 0 saturated heterocycles. The Morgan fingerprint density at radius 3 is 2.88 bits per heavy atom. The van der Waals surface area contributed by atoms with E-state index < -0.39 is 0 Å². The van der Waals surface area contributed by atoms with Crippen molar-refractivity contribution in [1.82, 2.24) is 34.7 Å². The van der Waals surface area contributed by atoms with E-state index >= 15 is 0 Å². The summed E-state index contributed by atoms with van der Waals surface area (Å²) in [7, 11) is 0. The number of anilines is 1. The minimum Gasteiger partial charge on any atom is -0.381 e. The van der Waals surface area contributed by atoms with Gasteiger partial charge in [-0.2, -0.15) is 10.4 Å². The Balaban J connectivity index is 1.59. The minimum absolute atomic E-state index is 0.256. The number of nitrogens with one attached hydrogen (secondary N) is 1. The molecule has 10 nitrogen and oxygen atoms in total. The van der Waals surface area contributed by atoms with Crippen LogP contribution in [-0.2, 0) is 6.54 Å². The molecule has 0 atom stereocenters. The third kappa shape index (κ3) is 3.32. The zero-order valence-electron chi connectivity index (χ0n) is 17.9. The number of nitrogens with zero attached hydrogens (tertiary/aromatic N) is 8. The van der Waals surface area contributed by atoms with E-state index in [-0.39, 0.29) is 5.82 Å². The Morgan fingerprint density at radius 1 is 1.15 bits per heavy atom. The molecular formula is C24H18N10. The van der Waals surface area contributed by atoms with Gasteiger partial charge in [-0.1, -0.05) is 24.3 Å². The molecule has 1 aliphatic carbocycles. The number of aromatic nitrogens is 6. The van der Waals surface area contributed by atoms with E-state index in [0.717, 1.165) is 22.2 Å². The van der Waals surface area contributed by atoms with Crippen LogP contribution in [0.1, 0.15) is 12.2 Å². The van der Waals surface area contributed by atoms with Gasteiger partial charge in [0, 0.05) is 17.8 Å². The van der Waals surface area contributed by atoms with Gasteiger partial charge < -0.3 is 11.1 Å². The number of nitriles is 1. The second kappa shape index (κ2) is 7.83. The van der Waals surface area contributed by atoms with Gasteiger partial charge in [-0.25, -0.2) is 19.5 Å². The number of nitrogen functional groups attached to an aromatic ring is 1. The van der Waals surface area contributed by atoms with E-state index in [9.17, 15) is 5.26 Å². The lowest BCUT2D eigenvalue weighted by molar-refractivity contribution is 0.659. The first-order valence-electron chi connectivity index (χ1n) is 10.6. The lowest BCUT2D eigenvalue weighted by atomic mass is 10.0. The summed E-state index contributed by atoms with van der Waals surface area (Å²) in [5, 5.41) is 24.3. The normalized spacial score (nSPS) is 18.3. The smallest absolute Gasteiger partial charge is 0.199 e. The molecule has 0 bridgehead atoms. The van der Waals surface area contributed by atoms with E-state index in [4.69, 9.17) is 15.8 Å². The van der Waals surface area contributed by atoms with Crippen molar-refractivity contribution in [2.45, 2.75) is 13.0 Å². The highest BCUT2D eigenvalue weighted by Crippen LogP contribution is 2.16. The molecular weight excluding hydrogens is 428 g/mol. The Kier molecular flexibility index (Phi) is 4.52. The first-order chi connectivity index (χ1) is 16.7. The predicted molar refractivity (Wildman–Crippen MR) is 128 cm³/mol. The molecule has 0 radical (unpaired) electrons. The van der Waals surface area contributed by atoms with Gasteiger partial charge in [0.15, 0.2) is 17.3 Å². The monoisotopic (exact) mass is 446 g/mol. The van der Waals surface area contributed by atoms with Crippen LogP contribution in [0.15, 0.2) is 71.5 Å². The Labute approximate surface area is 193 Å². The van der Waals surface area contributed by atoms with Crippen molar-refractivity contribution >= 4 is 40.0 Å².